The maximum absolute atomic E-state index is 12.4. The normalized spacial score (nSPS) is 12.1. The first kappa shape index (κ1) is 14.3. The first-order chi connectivity index (χ1) is 9.47. The molecule has 1 amide bonds. The number of rotatable bonds is 4. The average Bonchev–Trinajstić information content (AvgIpc) is 2.41. The Bertz CT molecular complexity index is 683. The molecule has 4 N–H and O–H groups in total. The number of anilines is 1. The van der Waals surface area contributed by atoms with Crippen LogP contribution in [0.1, 0.15) is 21.5 Å². The summed E-state index contributed by atoms with van der Waals surface area (Å²) in [5.74, 6) is -0.163. The van der Waals surface area contributed by atoms with Crippen molar-refractivity contribution >= 4 is 22.4 Å². The summed E-state index contributed by atoms with van der Waals surface area (Å²) in [4.78, 5) is 11.9. The van der Waals surface area contributed by atoms with Gasteiger partial charge < -0.3 is 11.5 Å². The van der Waals surface area contributed by atoms with Gasteiger partial charge in [0.15, 0.2) is 0 Å². The van der Waals surface area contributed by atoms with Crippen molar-refractivity contribution in [2.24, 2.45) is 5.73 Å². The van der Waals surface area contributed by atoms with Gasteiger partial charge in [0.05, 0.1) is 16.6 Å². The molecule has 2 rings (SSSR count). The number of hydrogen-bond donors (Lipinski definition) is 2. The van der Waals surface area contributed by atoms with Crippen LogP contribution in [0, 0.1) is 6.92 Å². The molecule has 0 aromatic heterocycles. The van der Waals surface area contributed by atoms with E-state index in [1.165, 1.54) is 0 Å². The number of primary amides is 1. The van der Waals surface area contributed by atoms with Crippen LogP contribution in [0.5, 0.6) is 0 Å². The van der Waals surface area contributed by atoms with Gasteiger partial charge in [0.1, 0.15) is 0 Å². The highest BCUT2D eigenvalue weighted by atomic mass is 32.2. The molecule has 104 valence electrons. The third-order valence-corrected chi connectivity index (χ3v) is 4.49. The van der Waals surface area contributed by atoms with Gasteiger partial charge in [0, 0.05) is 16.1 Å². The highest BCUT2D eigenvalue weighted by molar-refractivity contribution is 7.84. The molecule has 0 aliphatic heterocycles. The fraction of sp³-hybridized carbons (Fsp3) is 0.133. The van der Waals surface area contributed by atoms with E-state index in [1.54, 1.807) is 30.3 Å². The van der Waals surface area contributed by atoms with Gasteiger partial charge in [-0.05, 0) is 42.3 Å². The van der Waals surface area contributed by atoms with Crippen LogP contribution in [-0.2, 0) is 16.6 Å². The zero-order valence-corrected chi connectivity index (χ0v) is 11.9. The second-order valence-electron chi connectivity index (χ2n) is 4.58. The molecule has 0 spiro atoms. The van der Waals surface area contributed by atoms with Crippen LogP contribution in [0.2, 0.25) is 0 Å². The summed E-state index contributed by atoms with van der Waals surface area (Å²) in [6, 6.07) is 12.2. The summed E-state index contributed by atoms with van der Waals surface area (Å²) < 4.78 is 12.4. The van der Waals surface area contributed by atoms with Crippen LogP contribution in [0.15, 0.2) is 47.4 Å². The van der Waals surface area contributed by atoms with Crippen molar-refractivity contribution in [3.8, 4) is 0 Å². The highest BCUT2D eigenvalue weighted by Crippen LogP contribution is 2.20. The second kappa shape index (κ2) is 5.88. The molecule has 5 heteroatoms. The average molecular weight is 288 g/mol. The number of amides is 1. The Morgan fingerprint density at radius 1 is 1.20 bits per heavy atom. The van der Waals surface area contributed by atoms with Crippen molar-refractivity contribution in [1.29, 1.82) is 0 Å². The summed E-state index contributed by atoms with van der Waals surface area (Å²) in [6.45, 7) is 1.90. The number of nitrogens with two attached hydrogens (primary N) is 2. The minimum Gasteiger partial charge on any atom is -0.399 e. The molecule has 1 unspecified atom stereocenters. The zero-order chi connectivity index (χ0) is 14.7. The smallest absolute Gasteiger partial charge is 0.248 e. The molecule has 1 atom stereocenters. The van der Waals surface area contributed by atoms with Crippen molar-refractivity contribution in [1.82, 2.24) is 0 Å². The molecule has 0 fully saturated rings. The summed E-state index contributed by atoms with van der Waals surface area (Å²) in [6.07, 6.45) is 0. The zero-order valence-electron chi connectivity index (χ0n) is 11.1. The Hall–Kier alpha value is -2.14. The standard InChI is InChI=1S/C15H16N2O2S/c1-10-5-6-13(16)8-14(10)20(19)9-11-3-2-4-12(7-11)15(17)18/h2-8H,9,16H2,1H3,(H2,17,18). The SMILES string of the molecule is Cc1ccc(N)cc1S(=O)Cc1cccc(C(N)=O)c1. The van der Waals surface area contributed by atoms with Gasteiger partial charge in [0.25, 0.3) is 0 Å². The fourth-order valence-corrected chi connectivity index (χ4v) is 3.24. The van der Waals surface area contributed by atoms with Gasteiger partial charge in [-0.15, -0.1) is 0 Å². The van der Waals surface area contributed by atoms with E-state index in [2.05, 4.69) is 0 Å². The van der Waals surface area contributed by atoms with Crippen LogP contribution in [0.4, 0.5) is 5.69 Å². The minimum absolute atomic E-state index is 0.325. The predicted molar refractivity (Wildman–Crippen MR) is 80.7 cm³/mol. The number of aryl methyl sites for hydroxylation is 1. The molecular weight excluding hydrogens is 272 g/mol. The van der Waals surface area contributed by atoms with Gasteiger partial charge in [-0.2, -0.15) is 0 Å². The van der Waals surface area contributed by atoms with Crippen molar-refractivity contribution in [3.63, 3.8) is 0 Å². The number of nitrogen functional groups attached to an aromatic ring is 1. The molecule has 2 aromatic carbocycles. The Balaban J connectivity index is 2.25. The lowest BCUT2D eigenvalue weighted by Gasteiger charge is -2.08. The minimum atomic E-state index is -1.21. The van der Waals surface area contributed by atoms with E-state index in [9.17, 15) is 9.00 Å². The number of benzene rings is 2. The summed E-state index contributed by atoms with van der Waals surface area (Å²) >= 11 is 0. The number of carbonyl (C=O) groups excluding carboxylic acids is 1. The second-order valence-corrected chi connectivity index (χ2v) is 6.00. The van der Waals surface area contributed by atoms with Crippen LogP contribution < -0.4 is 11.5 Å². The molecule has 0 heterocycles. The van der Waals surface area contributed by atoms with Crippen LogP contribution >= 0.6 is 0 Å². The summed E-state index contributed by atoms with van der Waals surface area (Å²) in [5.41, 5.74) is 13.7. The fourth-order valence-electron chi connectivity index (χ4n) is 1.91. The molecule has 0 radical (unpaired) electrons. The van der Waals surface area contributed by atoms with Crippen LogP contribution in [-0.4, -0.2) is 10.1 Å². The van der Waals surface area contributed by atoms with Gasteiger partial charge in [0.2, 0.25) is 5.91 Å². The number of carbonyl (C=O) groups is 1. The maximum Gasteiger partial charge on any atom is 0.248 e. The Morgan fingerprint density at radius 2 is 1.95 bits per heavy atom. The monoisotopic (exact) mass is 288 g/mol. The van der Waals surface area contributed by atoms with Crippen LogP contribution in [0.25, 0.3) is 0 Å². The maximum atomic E-state index is 12.4. The molecule has 0 aliphatic rings. The van der Waals surface area contributed by atoms with E-state index in [4.69, 9.17) is 11.5 Å². The molecule has 20 heavy (non-hydrogen) atoms. The number of hydrogen-bond acceptors (Lipinski definition) is 3. The lowest BCUT2D eigenvalue weighted by atomic mass is 10.1. The molecule has 0 aliphatic carbocycles. The van der Waals surface area contributed by atoms with Crippen LogP contribution in [0.3, 0.4) is 0 Å². The van der Waals surface area contributed by atoms with Gasteiger partial charge in [-0.25, -0.2) is 0 Å². The van der Waals surface area contributed by atoms with Gasteiger partial charge >= 0.3 is 0 Å². The lowest BCUT2D eigenvalue weighted by molar-refractivity contribution is 0.1000. The molecule has 0 bridgehead atoms. The predicted octanol–water partition coefficient (Wildman–Crippen LogP) is 1.98. The van der Waals surface area contributed by atoms with E-state index >= 15 is 0 Å². The Labute approximate surface area is 120 Å². The van der Waals surface area contributed by atoms with Crippen molar-refractivity contribution in [2.45, 2.75) is 17.6 Å². The quantitative estimate of drug-likeness (QED) is 0.843. The first-order valence-electron chi connectivity index (χ1n) is 6.10. The molecule has 0 saturated heterocycles. The van der Waals surface area contributed by atoms with Crippen molar-refractivity contribution < 1.29 is 9.00 Å². The van der Waals surface area contributed by atoms with E-state index < -0.39 is 16.7 Å². The van der Waals surface area contributed by atoms with E-state index in [0.29, 0.717) is 17.0 Å². The summed E-state index contributed by atoms with van der Waals surface area (Å²) in [7, 11) is -1.21. The van der Waals surface area contributed by atoms with Crippen molar-refractivity contribution in [3.05, 3.63) is 59.2 Å². The first-order valence-corrected chi connectivity index (χ1v) is 7.42. The Morgan fingerprint density at radius 3 is 2.65 bits per heavy atom. The molecule has 2 aromatic rings. The molecule has 0 saturated carbocycles. The Kier molecular flexibility index (Phi) is 4.20. The third-order valence-electron chi connectivity index (χ3n) is 2.97. The molecule has 4 nitrogen and oxygen atoms in total. The highest BCUT2D eigenvalue weighted by Gasteiger charge is 2.10. The molecular formula is C15H16N2O2S. The van der Waals surface area contributed by atoms with Gasteiger partial charge in [-0.3, -0.25) is 9.00 Å². The summed E-state index contributed by atoms with van der Waals surface area (Å²) in [5, 5.41) is 0. The van der Waals surface area contributed by atoms with E-state index in [-0.39, 0.29) is 0 Å². The van der Waals surface area contributed by atoms with E-state index in [0.717, 1.165) is 16.0 Å². The van der Waals surface area contributed by atoms with Crippen molar-refractivity contribution in [2.75, 3.05) is 5.73 Å². The lowest BCUT2D eigenvalue weighted by Crippen LogP contribution is -2.11. The largest absolute Gasteiger partial charge is 0.399 e. The third kappa shape index (κ3) is 3.24. The van der Waals surface area contributed by atoms with Gasteiger partial charge in [-0.1, -0.05) is 18.2 Å². The topological polar surface area (TPSA) is 86.2 Å². The van der Waals surface area contributed by atoms with E-state index in [1.807, 2.05) is 19.1 Å².